The van der Waals surface area contributed by atoms with Gasteiger partial charge in [-0.1, -0.05) is 55.0 Å². The van der Waals surface area contributed by atoms with Crippen LogP contribution in [0.4, 0.5) is 0 Å². The molecule has 1 aliphatic rings. The van der Waals surface area contributed by atoms with Crippen LogP contribution in [0.3, 0.4) is 0 Å². The second kappa shape index (κ2) is 10.5. The van der Waals surface area contributed by atoms with E-state index >= 15 is 0 Å². The van der Waals surface area contributed by atoms with Gasteiger partial charge in [0.15, 0.2) is 0 Å². The van der Waals surface area contributed by atoms with Crippen molar-refractivity contribution in [3.63, 3.8) is 0 Å². The van der Waals surface area contributed by atoms with E-state index < -0.39 is 0 Å². The van der Waals surface area contributed by atoms with Gasteiger partial charge in [0.05, 0.1) is 6.10 Å². The molecule has 30 heavy (non-hydrogen) atoms. The number of hydrogen-bond donors (Lipinski definition) is 0. The zero-order valence-electron chi connectivity index (χ0n) is 19.1. The Bertz CT molecular complexity index is 939. The van der Waals surface area contributed by atoms with Gasteiger partial charge < -0.3 is 4.74 Å². The summed E-state index contributed by atoms with van der Waals surface area (Å²) in [6.45, 7) is 12.7. The maximum Gasteiger partial charge on any atom is 0.123 e. The van der Waals surface area contributed by atoms with Gasteiger partial charge >= 0.3 is 0 Å². The zero-order chi connectivity index (χ0) is 21.5. The fourth-order valence-electron chi connectivity index (χ4n) is 4.17. The molecular weight excluding hydrogens is 364 g/mol. The second-order valence-electron chi connectivity index (χ2n) is 8.51. The van der Waals surface area contributed by atoms with Crippen LogP contribution in [0.1, 0.15) is 69.1 Å². The van der Waals surface area contributed by atoms with Gasteiger partial charge in [-0.15, -0.1) is 6.58 Å². The Morgan fingerprint density at radius 3 is 2.60 bits per heavy atom. The molecule has 1 saturated carbocycles. The molecule has 1 fully saturated rings. The molecule has 0 bridgehead atoms. The first kappa shape index (κ1) is 22.2. The van der Waals surface area contributed by atoms with E-state index in [1.165, 1.54) is 64.6 Å². The predicted molar refractivity (Wildman–Crippen MR) is 131 cm³/mol. The molecule has 0 aromatic heterocycles. The van der Waals surface area contributed by atoms with Gasteiger partial charge in [0.25, 0.3) is 0 Å². The van der Waals surface area contributed by atoms with Gasteiger partial charge in [-0.2, -0.15) is 0 Å². The van der Waals surface area contributed by atoms with Crippen molar-refractivity contribution in [2.75, 3.05) is 0 Å². The maximum atomic E-state index is 6.36. The molecule has 0 aliphatic heterocycles. The van der Waals surface area contributed by atoms with E-state index in [4.69, 9.17) is 4.74 Å². The maximum absolute atomic E-state index is 6.36. The second-order valence-corrected chi connectivity index (χ2v) is 8.51. The van der Waals surface area contributed by atoms with Gasteiger partial charge in [-0.05, 0) is 105 Å². The number of hydrogen-bond acceptors (Lipinski definition) is 1. The van der Waals surface area contributed by atoms with Crippen molar-refractivity contribution in [1.82, 2.24) is 0 Å². The molecule has 3 rings (SSSR count). The minimum Gasteiger partial charge on any atom is -0.490 e. The highest BCUT2D eigenvalue weighted by molar-refractivity contribution is 5.81. The number of ether oxygens (including phenoxy) is 1. The topological polar surface area (TPSA) is 9.23 Å². The molecule has 0 radical (unpaired) electrons. The molecule has 1 aliphatic carbocycles. The molecule has 1 nitrogen and oxygen atoms in total. The van der Waals surface area contributed by atoms with Gasteiger partial charge in [0.1, 0.15) is 5.75 Å². The normalized spacial score (nSPS) is 15.5. The Morgan fingerprint density at radius 1 is 1.13 bits per heavy atom. The third kappa shape index (κ3) is 5.33. The van der Waals surface area contributed by atoms with Crippen molar-refractivity contribution in [3.8, 4) is 16.9 Å². The molecule has 0 N–H and O–H groups in total. The molecule has 0 unspecified atom stereocenters. The van der Waals surface area contributed by atoms with Crippen molar-refractivity contribution in [2.45, 2.75) is 72.3 Å². The van der Waals surface area contributed by atoms with Crippen molar-refractivity contribution in [2.24, 2.45) is 0 Å². The number of rotatable bonds is 8. The fraction of sp³-hybridized carbons (Fsp3) is 0.379. The van der Waals surface area contributed by atoms with Crippen LogP contribution in [-0.2, 0) is 0 Å². The first-order chi connectivity index (χ1) is 14.5. The molecule has 0 atom stereocenters. The highest BCUT2D eigenvalue weighted by atomic mass is 16.5. The van der Waals surface area contributed by atoms with E-state index in [1.54, 1.807) is 0 Å². The van der Waals surface area contributed by atoms with Crippen molar-refractivity contribution in [1.29, 1.82) is 0 Å². The highest BCUT2D eigenvalue weighted by Crippen LogP contribution is 2.35. The monoisotopic (exact) mass is 400 g/mol. The smallest absolute Gasteiger partial charge is 0.123 e. The van der Waals surface area contributed by atoms with Gasteiger partial charge in [-0.25, -0.2) is 0 Å². The lowest BCUT2D eigenvalue weighted by molar-refractivity contribution is 0.208. The summed E-state index contributed by atoms with van der Waals surface area (Å²) in [7, 11) is 0. The largest absolute Gasteiger partial charge is 0.490 e. The quantitative estimate of drug-likeness (QED) is 0.318. The van der Waals surface area contributed by atoms with Crippen LogP contribution in [0.25, 0.3) is 16.7 Å². The Hall–Kier alpha value is -2.54. The van der Waals surface area contributed by atoms with E-state index in [1.807, 2.05) is 6.08 Å². The molecule has 2 aromatic carbocycles. The minimum atomic E-state index is 0.378. The summed E-state index contributed by atoms with van der Waals surface area (Å²) in [6, 6.07) is 13.3. The zero-order valence-corrected chi connectivity index (χ0v) is 19.1. The average Bonchev–Trinajstić information content (AvgIpc) is 3.26. The van der Waals surface area contributed by atoms with Gasteiger partial charge in [0, 0.05) is 0 Å². The lowest BCUT2D eigenvalue weighted by Crippen LogP contribution is -2.11. The summed E-state index contributed by atoms with van der Waals surface area (Å²) in [6.07, 6.45) is 13.8. The molecule has 1 heteroatoms. The first-order valence-corrected chi connectivity index (χ1v) is 11.4. The van der Waals surface area contributed by atoms with E-state index in [0.717, 1.165) is 18.6 Å². The Balaban J connectivity index is 2.01. The van der Waals surface area contributed by atoms with Crippen LogP contribution in [-0.4, -0.2) is 6.10 Å². The number of allylic oxidation sites excluding steroid dienone is 5. The molecule has 0 heterocycles. The predicted octanol–water partition coefficient (Wildman–Crippen LogP) is 8.61. The summed E-state index contributed by atoms with van der Waals surface area (Å²) in [5, 5.41) is 0. The summed E-state index contributed by atoms with van der Waals surface area (Å²) in [5.41, 5.74) is 9.00. The van der Waals surface area contributed by atoms with Crippen molar-refractivity contribution >= 4 is 5.57 Å². The number of benzene rings is 2. The highest BCUT2D eigenvalue weighted by Gasteiger charge is 2.18. The molecule has 0 saturated heterocycles. The third-order valence-corrected chi connectivity index (χ3v) is 6.20. The van der Waals surface area contributed by atoms with E-state index in [0.29, 0.717) is 6.10 Å². The van der Waals surface area contributed by atoms with Crippen LogP contribution in [0.5, 0.6) is 5.75 Å². The van der Waals surface area contributed by atoms with Crippen molar-refractivity contribution in [3.05, 3.63) is 83.5 Å². The van der Waals surface area contributed by atoms with Crippen LogP contribution in [0.15, 0.2) is 66.8 Å². The minimum absolute atomic E-state index is 0.378. The van der Waals surface area contributed by atoms with Crippen molar-refractivity contribution < 1.29 is 4.74 Å². The van der Waals surface area contributed by atoms with Crippen LogP contribution in [0.2, 0.25) is 0 Å². The lowest BCUT2D eigenvalue weighted by atomic mass is 9.91. The first-order valence-electron chi connectivity index (χ1n) is 11.4. The SMILES string of the molecule is C=CCC=C(C=C(C)CC)c1cc(-c2cccc(OC3CCCC3)c2C)ccc1C. The van der Waals surface area contributed by atoms with Crippen LogP contribution in [0, 0.1) is 13.8 Å². The molecule has 0 spiro atoms. The third-order valence-electron chi connectivity index (χ3n) is 6.20. The van der Waals surface area contributed by atoms with E-state index in [9.17, 15) is 0 Å². The van der Waals surface area contributed by atoms with Gasteiger partial charge in [0.2, 0.25) is 0 Å². The van der Waals surface area contributed by atoms with E-state index in [2.05, 4.69) is 82.8 Å². The van der Waals surface area contributed by atoms with Crippen LogP contribution < -0.4 is 4.74 Å². The van der Waals surface area contributed by atoms with Crippen LogP contribution >= 0.6 is 0 Å². The molecule has 2 aromatic rings. The summed E-state index contributed by atoms with van der Waals surface area (Å²) >= 11 is 0. The standard InChI is InChI=1S/C29H36O/c1-6-8-12-24(19-21(3)7-2)28-20-25(18-17-22(28)4)27-15-11-16-29(23(27)5)30-26-13-9-10-14-26/h6,11-12,15-20,26H,1,7-10,13-14H2,2-5H3. The summed E-state index contributed by atoms with van der Waals surface area (Å²) < 4.78 is 6.36. The summed E-state index contributed by atoms with van der Waals surface area (Å²) in [4.78, 5) is 0. The lowest BCUT2D eigenvalue weighted by Gasteiger charge is -2.18. The van der Waals surface area contributed by atoms with E-state index in [-0.39, 0.29) is 0 Å². The Labute approximate surface area is 183 Å². The molecule has 0 amide bonds. The number of aryl methyl sites for hydroxylation is 1. The Kier molecular flexibility index (Phi) is 7.74. The summed E-state index contributed by atoms with van der Waals surface area (Å²) in [5.74, 6) is 1.03. The average molecular weight is 401 g/mol. The fourth-order valence-corrected chi connectivity index (χ4v) is 4.17. The molecular formula is C29H36O. The molecule has 158 valence electrons. The van der Waals surface area contributed by atoms with Gasteiger partial charge in [-0.3, -0.25) is 0 Å². The Morgan fingerprint density at radius 2 is 1.90 bits per heavy atom.